The van der Waals surface area contributed by atoms with Crippen LogP contribution in [-0.2, 0) is 0 Å². The van der Waals surface area contributed by atoms with Crippen molar-refractivity contribution in [2.45, 2.75) is 0 Å². The Morgan fingerprint density at radius 2 is 1.68 bits per heavy atom. The van der Waals surface area contributed by atoms with Gasteiger partial charge in [0.15, 0.2) is 0 Å². The van der Waals surface area contributed by atoms with E-state index in [-0.39, 0.29) is 5.97 Å². The number of ether oxygens (including phenoxy) is 1. The standard InChI is InChI=1S/C19H11IO2/c20-15-5-1-4-14(11-15)19(21)22-17-10-9-13-8-7-12-3-2-6-16(17)18(12)13/h1-11H. The van der Waals surface area contributed by atoms with Gasteiger partial charge in [0.25, 0.3) is 0 Å². The Morgan fingerprint density at radius 1 is 0.909 bits per heavy atom. The molecule has 0 saturated carbocycles. The topological polar surface area (TPSA) is 26.3 Å². The Labute approximate surface area is 141 Å². The summed E-state index contributed by atoms with van der Waals surface area (Å²) in [5.41, 5.74) is 2.90. The molecule has 0 bridgehead atoms. The number of carbonyl (C=O) groups excluding carboxylic acids is 1. The lowest BCUT2D eigenvalue weighted by atomic mass is 10.0. The third-order valence-electron chi connectivity index (χ3n) is 3.77. The first-order chi connectivity index (χ1) is 10.7. The zero-order chi connectivity index (χ0) is 15.1. The van der Waals surface area contributed by atoms with Crippen LogP contribution in [0.3, 0.4) is 0 Å². The van der Waals surface area contributed by atoms with E-state index in [0.717, 1.165) is 14.3 Å². The van der Waals surface area contributed by atoms with Crippen LogP contribution >= 0.6 is 22.6 Å². The molecule has 0 fully saturated rings. The third-order valence-corrected chi connectivity index (χ3v) is 4.44. The number of halogens is 1. The van der Waals surface area contributed by atoms with E-state index in [2.05, 4.69) is 40.8 Å². The van der Waals surface area contributed by atoms with Crippen molar-refractivity contribution >= 4 is 51.5 Å². The summed E-state index contributed by atoms with van der Waals surface area (Å²) >= 11 is 2.18. The van der Waals surface area contributed by atoms with E-state index in [1.807, 2.05) is 42.5 Å². The van der Waals surface area contributed by atoms with Crippen molar-refractivity contribution in [1.82, 2.24) is 0 Å². The first kappa shape index (κ1) is 13.5. The SMILES string of the molecule is O=C(Oc1ccc2c3c(cccc13)C=C2)c1cccc(I)c1. The van der Waals surface area contributed by atoms with Crippen LogP contribution in [0.5, 0.6) is 5.75 Å². The van der Waals surface area contributed by atoms with Gasteiger partial charge in [-0.2, -0.15) is 0 Å². The second-order valence-corrected chi connectivity index (χ2v) is 6.40. The smallest absolute Gasteiger partial charge is 0.343 e. The lowest BCUT2D eigenvalue weighted by Gasteiger charge is -2.10. The summed E-state index contributed by atoms with van der Waals surface area (Å²) in [6.07, 6.45) is 4.17. The lowest BCUT2D eigenvalue weighted by Crippen LogP contribution is -2.09. The van der Waals surface area contributed by atoms with Crippen molar-refractivity contribution in [3.8, 4) is 5.75 Å². The van der Waals surface area contributed by atoms with Crippen molar-refractivity contribution in [2.75, 3.05) is 0 Å². The minimum absolute atomic E-state index is 0.329. The molecular formula is C19H11IO2. The number of rotatable bonds is 2. The molecule has 0 spiro atoms. The minimum Gasteiger partial charge on any atom is -0.422 e. The Hall–Kier alpha value is -2.14. The van der Waals surface area contributed by atoms with Crippen molar-refractivity contribution in [3.05, 3.63) is 74.9 Å². The van der Waals surface area contributed by atoms with Crippen LogP contribution in [0.15, 0.2) is 54.6 Å². The Balaban J connectivity index is 1.76. The summed E-state index contributed by atoms with van der Waals surface area (Å²) in [5, 5.41) is 2.12. The van der Waals surface area contributed by atoms with Crippen molar-refractivity contribution in [1.29, 1.82) is 0 Å². The molecule has 0 heterocycles. The maximum atomic E-state index is 12.4. The summed E-state index contributed by atoms with van der Waals surface area (Å²) in [7, 11) is 0. The van der Waals surface area contributed by atoms with Crippen LogP contribution in [0.1, 0.15) is 21.5 Å². The molecule has 0 unspecified atom stereocenters. The largest absolute Gasteiger partial charge is 0.422 e. The fraction of sp³-hybridized carbons (Fsp3) is 0. The van der Waals surface area contributed by atoms with E-state index in [0.29, 0.717) is 11.3 Å². The summed E-state index contributed by atoms with van der Waals surface area (Å²) in [6, 6.07) is 17.3. The molecule has 3 aromatic carbocycles. The summed E-state index contributed by atoms with van der Waals surface area (Å²) in [5.74, 6) is 0.276. The van der Waals surface area contributed by atoms with Gasteiger partial charge >= 0.3 is 5.97 Å². The van der Waals surface area contributed by atoms with Gasteiger partial charge in [0.1, 0.15) is 5.75 Å². The molecule has 106 valence electrons. The molecule has 0 amide bonds. The van der Waals surface area contributed by atoms with E-state index in [9.17, 15) is 4.79 Å². The molecule has 4 rings (SSSR count). The van der Waals surface area contributed by atoms with Gasteiger partial charge in [0.05, 0.1) is 5.56 Å². The van der Waals surface area contributed by atoms with Crippen LogP contribution in [-0.4, -0.2) is 5.97 Å². The molecule has 1 aliphatic carbocycles. The Bertz CT molecular complexity index is 929. The highest BCUT2D eigenvalue weighted by molar-refractivity contribution is 14.1. The van der Waals surface area contributed by atoms with Crippen molar-refractivity contribution in [3.63, 3.8) is 0 Å². The molecule has 0 N–H and O–H groups in total. The van der Waals surface area contributed by atoms with Crippen LogP contribution in [0.4, 0.5) is 0 Å². The van der Waals surface area contributed by atoms with Crippen LogP contribution in [0.25, 0.3) is 22.9 Å². The normalized spacial score (nSPS) is 11.9. The van der Waals surface area contributed by atoms with Crippen LogP contribution in [0.2, 0.25) is 0 Å². The molecule has 0 aromatic heterocycles. The maximum absolute atomic E-state index is 12.4. The zero-order valence-electron chi connectivity index (χ0n) is 11.5. The molecule has 0 aliphatic heterocycles. The van der Waals surface area contributed by atoms with Gasteiger partial charge in [-0.05, 0) is 63.4 Å². The predicted molar refractivity (Wildman–Crippen MR) is 97.0 cm³/mol. The predicted octanol–water partition coefficient (Wildman–Crippen LogP) is 5.15. The van der Waals surface area contributed by atoms with E-state index >= 15 is 0 Å². The number of benzene rings is 3. The molecule has 0 radical (unpaired) electrons. The maximum Gasteiger partial charge on any atom is 0.343 e. The third kappa shape index (κ3) is 2.22. The molecule has 0 atom stereocenters. The monoisotopic (exact) mass is 398 g/mol. The second kappa shape index (κ2) is 5.25. The molecule has 0 saturated heterocycles. The highest BCUT2D eigenvalue weighted by Gasteiger charge is 2.15. The van der Waals surface area contributed by atoms with Crippen LogP contribution < -0.4 is 4.74 Å². The van der Waals surface area contributed by atoms with Crippen LogP contribution in [0, 0.1) is 3.57 Å². The average molecular weight is 398 g/mol. The Kier molecular flexibility index (Phi) is 3.22. The zero-order valence-corrected chi connectivity index (χ0v) is 13.7. The van der Waals surface area contributed by atoms with E-state index in [1.165, 1.54) is 11.1 Å². The Morgan fingerprint density at radius 3 is 2.50 bits per heavy atom. The highest BCUT2D eigenvalue weighted by Crippen LogP contribution is 2.36. The highest BCUT2D eigenvalue weighted by atomic mass is 127. The fourth-order valence-corrected chi connectivity index (χ4v) is 3.30. The van der Waals surface area contributed by atoms with Gasteiger partial charge in [-0.1, -0.05) is 42.5 Å². The number of hydrogen-bond acceptors (Lipinski definition) is 2. The van der Waals surface area contributed by atoms with Gasteiger partial charge in [-0.25, -0.2) is 4.79 Å². The van der Waals surface area contributed by atoms with Crippen molar-refractivity contribution < 1.29 is 9.53 Å². The molecule has 1 aliphatic rings. The second-order valence-electron chi connectivity index (χ2n) is 5.16. The average Bonchev–Trinajstić information content (AvgIpc) is 2.95. The molecular weight excluding hydrogens is 387 g/mol. The minimum atomic E-state index is -0.329. The molecule has 22 heavy (non-hydrogen) atoms. The lowest BCUT2D eigenvalue weighted by molar-refractivity contribution is 0.0737. The summed E-state index contributed by atoms with van der Waals surface area (Å²) in [6.45, 7) is 0. The molecule has 3 heteroatoms. The molecule has 2 nitrogen and oxygen atoms in total. The first-order valence-electron chi connectivity index (χ1n) is 6.94. The van der Waals surface area contributed by atoms with Gasteiger partial charge in [-0.15, -0.1) is 0 Å². The van der Waals surface area contributed by atoms with E-state index in [4.69, 9.17) is 4.74 Å². The van der Waals surface area contributed by atoms with Gasteiger partial charge in [-0.3, -0.25) is 0 Å². The fourth-order valence-electron chi connectivity index (χ4n) is 2.76. The number of hydrogen-bond donors (Lipinski definition) is 0. The van der Waals surface area contributed by atoms with Gasteiger partial charge in [0, 0.05) is 8.96 Å². The number of carbonyl (C=O) groups is 1. The van der Waals surface area contributed by atoms with Gasteiger partial charge < -0.3 is 4.74 Å². The number of esters is 1. The van der Waals surface area contributed by atoms with Crippen molar-refractivity contribution in [2.24, 2.45) is 0 Å². The van der Waals surface area contributed by atoms with E-state index < -0.39 is 0 Å². The first-order valence-corrected chi connectivity index (χ1v) is 8.02. The molecule has 3 aromatic rings. The summed E-state index contributed by atoms with van der Waals surface area (Å²) in [4.78, 5) is 12.4. The summed E-state index contributed by atoms with van der Waals surface area (Å²) < 4.78 is 6.65. The quantitative estimate of drug-likeness (QED) is 0.265. The van der Waals surface area contributed by atoms with E-state index in [1.54, 1.807) is 6.07 Å². The van der Waals surface area contributed by atoms with Gasteiger partial charge in [0.2, 0.25) is 0 Å².